The van der Waals surface area contributed by atoms with Crippen LogP contribution in [-0.2, 0) is 10.3 Å². The van der Waals surface area contributed by atoms with Gasteiger partial charge in [-0.2, -0.15) is 0 Å². The van der Waals surface area contributed by atoms with Crippen molar-refractivity contribution in [3.8, 4) is 11.1 Å². The molecule has 1 heterocycles. The number of hydrogen-bond acceptors (Lipinski definition) is 4. The second-order valence-corrected chi connectivity index (χ2v) is 6.36. The molecule has 0 fully saturated rings. The summed E-state index contributed by atoms with van der Waals surface area (Å²) in [7, 11) is 1.58. The van der Waals surface area contributed by atoms with Crippen molar-refractivity contribution in [1.29, 1.82) is 0 Å². The Morgan fingerprint density at radius 1 is 1.16 bits per heavy atom. The molecule has 0 radical (unpaired) electrons. The summed E-state index contributed by atoms with van der Waals surface area (Å²) in [5.74, 6) is -0.592. The molecular formula is C19H20N4O2. The van der Waals surface area contributed by atoms with Gasteiger partial charge in [-0.05, 0) is 35.7 Å². The number of nitrogens with two attached hydrogens (primary N) is 2. The highest BCUT2D eigenvalue weighted by molar-refractivity contribution is 6.00. The largest absolute Gasteiger partial charge is 0.369 e. The van der Waals surface area contributed by atoms with Crippen molar-refractivity contribution in [3.63, 3.8) is 0 Å². The van der Waals surface area contributed by atoms with Crippen molar-refractivity contribution >= 4 is 17.8 Å². The van der Waals surface area contributed by atoms with E-state index >= 15 is 0 Å². The van der Waals surface area contributed by atoms with Crippen molar-refractivity contribution in [2.45, 2.75) is 18.9 Å². The smallest absolute Gasteiger partial charge is 0.249 e. The van der Waals surface area contributed by atoms with Gasteiger partial charge in [0.05, 0.1) is 12.0 Å². The van der Waals surface area contributed by atoms with E-state index in [2.05, 4.69) is 4.99 Å². The Kier molecular flexibility index (Phi) is 4.04. The van der Waals surface area contributed by atoms with Crippen LogP contribution < -0.4 is 11.5 Å². The first-order valence-corrected chi connectivity index (χ1v) is 7.93. The van der Waals surface area contributed by atoms with Crippen LogP contribution in [0.3, 0.4) is 0 Å². The fraction of sp³-hybridized carbons (Fsp3) is 0.211. The van der Waals surface area contributed by atoms with Crippen LogP contribution in [0.25, 0.3) is 11.1 Å². The average molecular weight is 336 g/mol. The van der Waals surface area contributed by atoms with Gasteiger partial charge in [0.1, 0.15) is 0 Å². The van der Waals surface area contributed by atoms with E-state index < -0.39 is 11.4 Å². The molecule has 0 aromatic heterocycles. The van der Waals surface area contributed by atoms with E-state index in [-0.39, 0.29) is 18.3 Å². The molecule has 0 saturated carbocycles. The van der Waals surface area contributed by atoms with Crippen LogP contribution in [0.1, 0.15) is 29.3 Å². The predicted octanol–water partition coefficient (Wildman–Crippen LogP) is 1.84. The highest BCUT2D eigenvalue weighted by Crippen LogP contribution is 2.37. The molecule has 0 bridgehead atoms. The molecule has 6 nitrogen and oxygen atoms in total. The van der Waals surface area contributed by atoms with Gasteiger partial charge in [0, 0.05) is 12.6 Å². The number of amides is 2. The molecule has 1 unspecified atom stereocenters. The maximum atomic E-state index is 12.3. The molecule has 6 heteroatoms. The van der Waals surface area contributed by atoms with E-state index in [0.717, 1.165) is 11.1 Å². The second-order valence-electron chi connectivity index (χ2n) is 6.36. The van der Waals surface area contributed by atoms with E-state index in [1.165, 1.54) is 4.90 Å². The summed E-state index contributed by atoms with van der Waals surface area (Å²) in [6.07, 6.45) is 0.114. The van der Waals surface area contributed by atoms with Crippen LogP contribution in [0.15, 0.2) is 53.5 Å². The summed E-state index contributed by atoms with van der Waals surface area (Å²) in [5, 5.41) is 0. The molecule has 25 heavy (non-hydrogen) atoms. The van der Waals surface area contributed by atoms with Crippen LogP contribution in [0.4, 0.5) is 0 Å². The molecule has 3 rings (SSSR count). The summed E-state index contributed by atoms with van der Waals surface area (Å²) in [6, 6.07) is 15.1. The molecule has 2 amide bonds. The number of benzene rings is 2. The van der Waals surface area contributed by atoms with Crippen molar-refractivity contribution in [2.75, 3.05) is 7.05 Å². The topological polar surface area (TPSA) is 102 Å². The molecule has 128 valence electrons. The monoisotopic (exact) mass is 336 g/mol. The fourth-order valence-corrected chi connectivity index (χ4v) is 3.08. The van der Waals surface area contributed by atoms with Gasteiger partial charge in [-0.1, -0.05) is 36.4 Å². The van der Waals surface area contributed by atoms with Gasteiger partial charge >= 0.3 is 0 Å². The van der Waals surface area contributed by atoms with Crippen LogP contribution in [0.5, 0.6) is 0 Å². The average Bonchev–Trinajstić information content (AvgIpc) is 2.60. The zero-order valence-electron chi connectivity index (χ0n) is 14.2. The highest BCUT2D eigenvalue weighted by Gasteiger charge is 2.38. The summed E-state index contributed by atoms with van der Waals surface area (Å²) in [4.78, 5) is 30.0. The summed E-state index contributed by atoms with van der Waals surface area (Å²) in [5.41, 5.74) is 13.4. The molecule has 2 aromatic rings. The third-order valence-corrected chi connectivity index (χ3v) is 4.55. The molecular weight excluding hydrogens is 316 g/mol. The van der Waals surface area contributed by atoms with Gasteiger partial charge in [0.25, 0.3) is 0 Å². The molecule has 1 atom stereocenters. The van der Waals surface area contributed by atoms with Gasteiger partial charge in [-0.15, -0.1) is 0 Å². The Balaban J connectivity index is 2.20. The van der Waals surface area contributed by atoms with Gasteiger partial charge in [-0.25, -0.2) is 4.99 Å². The SMILES string of the molecule is CN1C(=O)CC(C)(c2cc(-c3ccccc3)ccc2C(N)=O)N=C1N. The summed E-state index contributed by atoms with van der Waals surface area (Å²) in [6.45, 7) is 1.79. The maximum absolute atomic E-state index is 12.3. The van der Waals surface area contributed by atoms with E-state index in [9.17, 15) is 9.59 Å². The lowest BCUT2D eigenvalue weighted by Gasteiger charge is -2.34. The fourth-order valence-electron chi connectivity index (χ4n) is 3.08. The molecule has 1 aliphatic heterocycles. The Bertz CT molecular complexity index is 876. The van der Waals surface area contributed by atoms with Gasteiger partial charge in [0.15, 0.2) is 5.96 Å². The Hall–Kier alpha value is -3.15. The second kappa shape index (κ2) is 6.05. The lowest BCUT2D eigenvalue weighted by atomic mass is 9.82. The van der Waals surface area contributed by atoms with Crippen molar-refractivity contribution in [1.82, 2.24) is 4.90 Å². The van der Waals surface area contributed by atoms with Crippen molar-refractivity contribution < 1.29 is 9.59 Å². The quantitative estimate of drug-likeness (QED) is 0.894. The minimum atomic E-state index is -0.942. The van der Waals surface area contributed by atoms with E-state index in [1.807, 2.05) is 42.5 Å². The summed E-state index contributed by atoms with van der Waals surface area (Å²) >= 11 is 0. The van der Waals surface area contributed by atoms with Gasteiger partial charge in [-0.3, -0.25) is 14.5 Å². The minimum absolute atomic E-state index is 0.114. The lowest BCUT2D eigenvalue weighted by molar-refractivity contribution is -0.128. The molecule has 0 saturated heterocycles. The van der Waals surface area contributed by atoms with Crippen LogP contribution in [0.2, 0.25) is 0 Å². The number of rotatable bonds is 3. The van der Waals surface area contributed by atoms with Crippen LogP contribution in [0, 0.1) is 0 Å². The lowest BCUT2D eigenvalue weighted by Crippen LogP contribution is -2.48. The zero-order valence-corrected chi connectivity index (χ0v) is 14.2. The van der Waals surface area contributed by atoms with E-state index in [1.54, 1.807) is 20.0 Å². The maximum Gasteiger partial charge on any atom is 0.249 e. The van der Waals surface area contributed by atoms with E-state index in [4.69, 9.17) is 11.5 Å². The first-order chi connectivity index (χ1) is 11.8. The molecule has 1 aliphatic rings. The number of nitrogens with zero attached hydrogens (tertiary/aromatic N) is 2. The Morgan fingerprint density at radius 2 is 1.84 bits per heavy atom. The number of hydrogen-bond donors (Lipinski definition) is 2. The predicted molar refractivity (Wildman–Crippen MR) is 96.8 cm³/mol. The van der Waals surface area contributed by atoms with Crippen LogP contribution >= 0.6 is 0 Å². The minimum Gasteiger partial charge on any atom is -0.369 e. The number of carbonyl (C=O) groups is 2. The zero-order chi connectivity index (χ0) is 18.2. The third kappa shape index (κ3) is 2.98. The first-order valence-electron chi connectivity index (χ1n) is 7.93. The highest BCUT2D eigenvalue weighted by atomic mass is 16.2. The van der Waals surface area contributed by atoms with Crippen molar-refractivity contribution in [3.05, 3.63) is 59.7 Å². The van der Waals surface area contributed by atoms with Gasteiger partial charge < -0.3 is 11.5 Å². The summed E-state index contributed by atoms with van der Waals surface area (Å²) < 4.78 is 0. The molecule has 2 aromatic carbocycles. The number of primary amides is 1. The normalized spacial score (nSPS) is 20.3. The number of aliphatic imine (C=N–C) groups is 1. The van der Waals surface area contributed by atoms with Gasteiger partial charge in [0.2, 0.25) is 11.8 Å². The Morgan fingerprint density at radius 3 is 2.44 bits per heavy atom. The number of carbonyl (C=O) groups excluding carboxylic acids is 2. The molecule has 4 N–H and O–H groups in total. The number of guanidine groups is 1. The molecule has 0 aliphatic carbocycles. The van der Waals surface area contributed by atoms with Crippen molar-refractivity contribution in [2.24, 2.45) is 16.5 Å². The standard InChI is InChI=1S/C19H20N4O2/c1-19(11-16(24)23(2)18(21)22-19)15-10-13(8-9-14(15)17(20)25)12-6-4-3-5-7-12/h3-10H,11H2,1-2H3,(H2,20,25)(H2,21,22). The molecule has 0 spiro atoms. The first kappa shape index (κ1) is 16.7. The third-order valence-electron chi connectivity index (χ3n) is 4.55. The van der Waals surface area contributed by atoms with E-state index in [0.29, 0.717) is 11.1 Å². The van der Waals surface area contributed by atoms with Crippen LogP contribution in [-0.4, -0.2) is 29.7 Å². The Labute approximate surface area is 146 Å².